The lowest BCUT2D eigenvalue weighted by Crippen LogP contribution is -1.92. The van der Waals surface area contributed by atoms with Crippen LogP contribution in [0.4, 0.5) is 0 Å². The summed E-state index contributed by atoms with van der Waals surface area (Å²) in [5.74, 6) is 1.44. The third-order valence-corrected chi connectivity index (χ3v) is 2.35. The highest BCUT2D eigenvalue weighted by molar-refractivity contribution is 6.32. The van der Waals surface area contributed by atoms with Crippen LogP contribution in [-0.4, -0.2) is 14.2 Å². The van der Waals surface area contributed by atoms with Crippen molar-refractivity contribution in [1.29, 1.82) is 0 Å². The Morgan fingerprint density at radius 1 is 1.23 bits per heavy atom. The Balaban J connectivity index is 3.20. The van der Waals surface area contributed by atoms with Crippen LogP contribution >= 0.6 is 11.6 Å². The number of hydrogen-bond donors (Lipinski definition) is 0. The molecular weight excluding hydrogens is 188 g/mol. The second-order valence-corrected chi connectivity index (χ2v) is 3.03. The normalized spacial score (nSPS) is 9.85. The van der Waals surface area contributed by atoms with Crippen molar-refractivity contribution in [2.75, 3.05) is 14.2 Å². The van der Waals surface area contributed by atoms with Crippen molar-refractivity contribution in [3.05, 3.63) is 22.7 Å². The van der Waals surface area contributed by atoms with Gasteiger partial charge in [-0.15, -0.1) is 0 Å². The molecule has 0 spiro atoms. The van der Waals surface area contributed by atoms with Crippen LogP contribution in [0.2, 0.25) is 5.02 Å². The first-order valence-electron chi connectivity index (χ1n) is 4.13. The molecule has 0 atom stereocenters. The Morgan fingerprint density at radius 3 is 2.38 bits per heavy atom. The molecule has 0 aliphatic carbocycles. The first kappa shape index (κ1) is 10.2. The summed E-state index contributed by atoms with van der Waals surface area (Å²) in [6.45, 7) is 2.04. The zero-order chi connectivity index (χ0) is 9.84. The van der Waals surface area contributed by atoms with Gasteiger partial charge in [0.1, 0.15) is 11.5 Å². The fourth-order valence-corrected chi connectivity index (χ4v) is 1.47. The van der Waals surface area contributed by atoms with E-state index in [2.05, 4.69) is 0 Å². The van der Waals surface area contributed by atoms with E-state index in [1.165, 1.54) is 0 Å². The van der Waals surface area contributed by atoms with Crippen molar-refractivity contribution in [3.63, 3.8) is 0 Å². The van der Waals surface area contributed by atoms with Gasteiger partial charge >= 0.3 is 0 Å². The Kier molecular flexibility index (Phi) is 3.43. The lowest BCUT2D eigenvalue weighted by Gasteiger charge is -2.09. The Bertz CT molecular complexity index is 272. The van der Waals surface area contributed by atoms with Crippen LogP contribution in [0.1, 0.15) is 12.5 Å². The van der Waals surface area contributed by atoms with Crippen LogP contribution < -0.4 is 9.47 Å². The smallest absolute Gasteiger partial charge is 0.141 e. The molecule has 0 saturated heterocycles. The van der Waals surface area contributed by atoms with Crippen LogP contribution in [-0.2, 0) is 6.42 Å². The summed E-state index contributed by atoms with van der Waals surface area (Å²) < 4.78 is 10.2. The molecular formula is C10H13ClO2. The van der Waals surface area contributed by atoms with Gasteiger partial charge < -0.3 is 9.47 Å². The fourth-order valence-electron chi connectivity index (χ4n) is 1.15. The maximum absolute atomic E-state index is 6.06. The lowest BCUT2D eigenvalue weighted by atomic mass is 10.1. The summed E-state index contributed by atoms with van der Waals surface area (Å²) in [5.41, 5.74) is 1.04. The highest BCUT2D eigenvalue weighted by Gasteiger charge is 2.08. The minimum absolute atomic E-state index is 0.665. The Hall–Kier alpha value is -0.890. The molecule has 0 heterocycles. The molecule has 3 heteroatoms. The highest BCUT2D eigenvalue weighted by Crippen LogP contribution is 2.33. The molecule has 72 valence electrons. The molecule has 0 radical (unpaired) electrons. The second-order valence-electron chi connectivity index (χ2n) is 2.66. The summed E-state index contributed by atoms with van der Waals surface area (Å²) in [7, 11) is 3.22. The zero-order valence-corrected chi connectivity index (χ0v) is 8.81. The predicted octanol–water partition coefficient (Wildman–Crippen LogP) is 2.92. The Labute approximate surface area is 83.4 Å². The third-order valence-electron chi connectivity index (χ3n) is 1.92. The second kappa shape index (κ2) is 4.38. The standard InChI is InChI=1S/C10H13ClO2/c1-4-7-5-8(12-2)6-9(13-3)10(7)11/h5-6H,4H2,1-3H3. The molecule has 13 heavy (non-hydrogen) atoms. The maximum atomic E-state index is 6.06. The summed E-state index contributed by atoms with van der Waals surface area (Å²) >= 11 is 6.06. The van der Waals surface area contributed by atoms with Gasteiger partial charge in [0.15, 0.2) is 0 Å². The maximum Gasteiger partial charge on any atom is 0.141 e. The van der Waals surface area contributed by atoms with Gasteiger partial charge in [-0.2, -0.15) is 0 Å². The van der Waals surface area contributed by atoms with Gasteiger partial charge in [-0.05, 0) is 18.1 Å². The van der Waals surface area contributed by atoms with E-state index < -0.39 is 0 Å². The van der Waals surface area contributed by atoms with E-state index >= 15 is 0 Å². The van der Waals surface area contributed by atoms with Gasteiger partial charge in [-0.3, -0.25) is 0 Å². The number of rotatable bonds is 3. The number of aryl methyl sites for hydroxylation is 1. The van der Waals surface area contributed by atoms with Crippen molar-refractivity contribution in [2.45, 2.75) is 13.3 Å². The van der Waals surface area contributed by atoms with Gasteiger partial charge in [0, 0.05) is 6.07 Å². The minimum Gasteiger partial charge on any atom is -0.497 e. The zero-order valence-electron chi connectivity index (χ0n) is 8.06. The molecule has 0 saturated carbocycles. The number of halogens is 1. The Morgan fingerprint density at radius 2 is 1.92 bits per heavy atom. The van der Waals surface area contributed by atoms with Gasteiger partial charge in [0.2, 0.25) is 0 Å². The van der Waals surface area contributed by atoms with Crippen molar-refractivity contribution in [3.8, 4) is 11.5 Å². The molecule has 0 fully saturated rings. The summed E-state index contributed by atoms with van der Waals surface area (Å²) in [6, 6.07) is 3.70. The van der Waals surface area contributed by atoms with E-state index in [4.69, 9.17) is 21.1 Å². The minimum atomic E-state index is 0.665. The average Bonchev–Trinajstić information content (AvgIpc) is 2.18. The summed E-state index contributed by atoms with van der Waals surface area (Å²) in [6.07, 6.45) is 0.867. The largest absolute Gasteiger partial charge is 0.497 e. The SMILES string of the molecule is CCc1cc(OC)cc(OC)c1Cl. The molecule has 0 amide bonds. The van der Waals surface area contributed by atoms with Crippen LogP contribution in [0.25, 0.3) is 0 Å². The van der Waals surface area contributed by atoms with E-state index in [1.807, 2.05) is 13.0 Å². The van der Waals surface area contributed by atoms with Crippen LogP contribution in [0.5, 0.6) is 11.5 Å². The first-order valence-corrected chi connectivity index (χ1v) is 4.51. The van der Waals surface area contributed by atoms with E-state index in [-0.39, 0.29) is 0 Å². The summed E-state index contributed by atoms with van der Waals surface area (Å²) in [4.78, 5) is 0. The molecule has 0 aromatic heterocycles. The molecule has 0 N–H and O–H groups in total. The van der Waals surface area contributed by atoms with Crippen LogP contribution in [0, 0.1) is 0 Å². The summed E-state index contributed by atoms with van der Waals surface area (Å²) in [5, 5.41) is 0.672. The molecule has 1 aromatic carbocycles. The number of methoxy groups -OCH3 is 2. The molecule has 1 rings (SSSR count). The van der Waals surface area contributed by atoms with Crippen molar-refractivity contribution in [2.24, 2.45) is 0 Å². The van der Waals surface area contributed by atoms with E-state index in [9.17, 15) is 0 Å². The van der Waals surface area contributed by atoms with E-state index in [0.717, 1.165) is 17.7 Å². The number of hydrogen-bond acceptors (Lipinski definition) is 2. The first-order chi connectivity index (χ1) is 6.22. The third kappa shape index (κ3) is 2.07. The van der Waals surface area contributed by atoms with Crippen LogP contribution in [0.3, 0.4) is 0 Å². The van der Waals surface area contributed by atoms with Crippen molar-refractivity contribution in [1.82, 2.24) is 0 Å². The van der Waals surface area contributed by atoms with Crippen molar-refractivity contribution >= 4 is 11.6 Å². The molecule has 0 bridgehead atoms. The number of benzene rings is 1. The molecule has 0 aliphatic heterocycles. The number of ether oxygens (including phenoxy) is 2. The molecule has 0 unspecified atom stereocenters. The lowest BCUT2D eigenvalue weighted by molar-refractivity contribution is 0.393. The quantitative estimate of drug-likeness (QED) is 0.747. The molecule has 0 aliphatic rings. The fraction of sp³-hybridized carbons (Fsp3) is 0.400. The van der Waals surface area contributed by atoms with E-state index in [1.54, 1.807) is 20.3 Å². The van der Waals surface area contributed by atoms with E-state index in [0.29, 0.717) is 10.8 Å². The highest BCUT2D eigenvalue weighted by atomic mass is 35.5. The van der Waals surface area contributed by atoms with Crippen molar-refractivity contribution < 1.29 is 9.47 Å². The van der Waals surface area contributed by atoms with Gasteiger partial charge in [-0.25, -0.2) is 0 Å². The molecule has 2 nitrogen and oxygen atoms in total. The topological polar surface area (TPSA) is 18.5 Å². The average molecular weight is 201 g/mol. The molecule has 1 aromatic rings. The van der Waals surface area contributed by atoms with Gasteiger partial charge in [0.25, 0.3) is 0 Å². The van der Waals surface area contributed by atoms with Crippen LogP contribution in [0.15, 0.2) is 12.1 Å². The van der Waals surface area contributed by atoms with Gasteiger partial charge in [-0.1, -0.05) is 18.5 Å². The monoisotopic (exact) mass is 200 g/mol. The van der Waals surface area contributed by atoms with Gasteiger partial charge in [0.05, 0.1) is 19.2 Å². The predicted molar refractivity (Wildman–Crippen MR) is 53.9 cm³/mol.